The predicted octanol–water partition coefficient (Wildman–Crippen LogP) is 4.36. The van der Waals surface area contributed by atoms with Crippen molar-refractivity contribution < 1.29 is 14.4 Å². The second-order valence-electron chi connectivity index (χ2n) is 7.05. The number of halogens is 1. The normalized spacial score (nSPS) is 11.9. The molecule has 2 aromatic carbocycles. The summed E-state index contributed by atoms with van der Waals surface area (Å²) in [4.78, 5) is 19.2. The van der Waals surface area contributed by atoms with Crippen LogP contribution < -0.4 is 10.6 Å². The van der Waals surface area contributed by atoms with Gasteiger partial charge in [-0.05, 0) is 18.1 Å². The Morgan fingerprint density at radius 1 is 1.13 bits per heavy atom. The van der Waals surface area contributed by atoms with Crippen LogP contribution >= 0.6 is 0 Å². The molecule has 3 rings (SSSR count). The van der Waals surface area contributed by atoms with E-state index in [4.69, 9.17) is 0 Å². The summed E-state index contributed by atoms with van der Waals surface area (Å²) >= 11 is 0. The molecular weight excluding hydrogens is 389 g/mol. The molecule has 156 valence electrons. The molecule has 1 atom stereocenters. The minimum atomic E-state index is -0.914. The highest BCUT2D eigenvalue weighted by Gasteiger charge is 2.17. The average Bonchev–Trinajstić information content (AvgIpc) is 2.73. The molecule has 0 saturated carbocycles. The fraction of sp³-hybridized carbons (Fsp3) is 0.238. The maximum atomic E-state index is 13.6. The third-order valence-corrected chi connectivity index (χ3v) is 4.53. The lowest BCUT2D eigenvalue weighted by Gasteiger charge is -2.20. The highest BCUT2D eigenvalue weighted by atomic mass is 19.1. The number of nitrogens with one attached hydrogen (secondary N) is 2. The molecule has 3 N–H and O–H groups in total. The molecule has 0 amide bonds. The van der Waals surface area contributed by atoms with Crippen molar-refractivity contribution >= 4 is 23.1 Å². The number of nitro benzene ring substituents is 1. The molecule has 9 heteroatoms. The van der Waals surface area contributed by atoms with Crippen LogP contribution in [0.15, 0.2) is 54.6 Å². The summed E-state index contributed by atoms with van der Waals surface area (Å²) in [5.41, 5.74) is 1.15. The van der Waals surface area contributed by atoms with Gasteiger partial charge < -0.3 is 15.7 Å². The first-order valence-corrected chi connectivity index (χ1v) is 9.40. The number of aromatic nitrogens is 2. The van der Waals surface area contributed by atoms with Gasteiger partial charge in [0.05, 0.1) is 23.3 Å². The zero-order valence-electron chi connectivity index (χ0n) is 16.5. The molecule has 0 fully saturated rings. The fourth-order valence-electron chi connectivity index (χ4n) is 2.80. The second-order valence-corrected chi connectivity index (χ2v) is 7.05. The molecule has 0 aliphatic carbocycles. The van der Waals surface area contributed by atoms with Gasteiger partial charge >= 0.3 is 5.69 Å². The van der Waals surface area contributed by atoms with Crippen LogP contribution in [0.4, 0.5) is 27.5 Å². The van der Waals surface area contributed by atoms with Gasteiger partial charge in [-0.15, -0.1) is 0 Å². The number of anilines is 3. The lowest BCUT2D eigenvalue weighted by atomic mass is 10.1. The molecule has 0 radical (unpaired) electrons. The van der Waals surface area contributed by atoms with Crippen molar-refractivity contribution in [3.63, 3.8) is 0 Å². The summed E-state index contributed by atoms with van der Waals surface area (Å²) in [5, 5.41) is 26.7. The molecule has 0 bridgehead atoms. The molecule has 0 spiro atoms. The van der Waals surface area contributed by atoms with Crippen LogP contribution in [0.25, 0.3) is 11.3 Å². The van der Waals surface area contributed by atoms with E-state index in [0.717, 1.165) is 17.7 Å². The van der Waals surface area contributed by atoms with Gasteiger partial charge in [-0.1, -0.05) is 44.2 Å². The summed E-state index contributed by atoms with van der Waals surface area (Å²) in [7, 11) is 0. The van der Waals surface area contributed by atoms with E-state index in [1.807, 2.05) is 44.2 Å². The van der Waals surface area contributed by atoms with Gasteiger partial charge in [0.1, 0.15) is 5.82 Å². The standard InChI is InChI=1S/C21H22FN5O3/c1-13(2)18(12-28)25-21-24-17(14-6-4-3-5-7-14)11-20(26-21)23-15-8-9-16(22)19(10-15)27(29)30/h3-11,13,18,28H,12H2,1-2H3,(H2,23,24,25,26)/t18-/m0/s1. The van der Waals surface area contributed by atoms with E-state index in [0.29, 0.717) is 23.1 Å². The topological polar surface area (TPSA) is 113 Å². The first kappa shape index (κ1) is 21.1. The lowest BCUT2D eigenvalue weighted by molar-refractivity contribution is -0.387. The number of aliphatic hydroxyl groups excluding tert-OH is 1. The summed E-state index contributed by atoms with van der Waals surface area (Å²) in [6.45, 7) is 3.83. The largest absolute Gasteiger partial charge is 0.394 e. The maximum absolute atomic E-state index is 13.6. The van der Waals surface area contributed by atoms with Crippen LogP contribution in [0.3, 0.4) is 0 Å². The van der Waals surface area contributed by atoms with Gasteiger partial charge in [0.2, 0.25) is 11.8 Å². The molecule has 8 nitrogen and oxygen atoms in total. The van der Waals surface area contributed by atoms with Crippen LogP contribution in [0.2, 0.25) is 0 Å². The van der Waals surface area contributed by atoms with Gasteiger partial charge in [-0.2, -0.15) is 9.37 Å². The summed E-state index contributed by atoms with van der Waals surface area (Å²) in [5.74, 6) is -0.116. The molecule has 1 aromatic heterocycles. The second kappa shape index (κ2) is 9.27. The number of hydrogen-bond donors (Lipinski definition) is 3. The van der Waals surface area contributed by atoms with Crippen LogP contribution in [0.1, 0.15) is 13.8 Å². The number of hydrogen-bond acceptors (Lipinski definition) is 7. The molecule has 0 saturated heterocycles. The number of nitrogens with zero attached hydrogens (tertiary/aromatic N) is 3. The van der Waals surface area contributed by atoms with Crippen LogP contribution in [0, 0.1) is 21.8 Å². The van der Waals surface area contributed by atoms with Gasteiger partial charge in [0.25, 0.3) is 0 Å². The third-order valence-electron chi connectivity index (χ3n) is 4.53. The monoisotopic (exact) mass is 411 g/mol. The summed E-state index contributed by atoms with van der Waals surface area (Å²) < 4.78 is 13.6. The quantitative estimate of drug-likeness (QED) is 0.373. The van der Waals surface area contributed by atoms with Gasteiger partial charge in [0, 0.05) is 23.4 Å². The fourth-order valence-corrected chi connectivity index (χ4v) is 2.80. The number of aliphatic hydroxyl groups is 1. The Morgan fingerprint density at radius 3 is 2.50 bits per heavy atom. The number of benzene rings is 2. The lowest BCUT2D eigenvalue weighted by Crippen LogP contribution is -2.30. The smallest absolute Gasteiger partial charge is 0.306 e. The van der Waals surface area contributed by atoms with E-state index in [9.17, 15) is 19.6 Å². The van der Waals surface area contributed by atoms with Crippen molar-refractivity contribution in [3.05, 3.63) is 70.5 Å². The van der Waals surface area contributed by atoms with Crippen molar-refractivity contribution in [2.45, 2.75) is 19.9 Å². The van der Waals surface area contributed by atoms with Crippen molar-refractivity contribution in [3.8, 4) is 11.3 Å². The molecular formula is C21H22FN5O3. The summed E-state index contributed by atoms with van der Waals surface area (Å²) in [6.07, 6.45) is 0. The minimum Gasteiger partial charge on any atom is -0.394 e. The Labute approximate surface area is 173 Å². The Kier molecular flexibility index (Phi) is 6.53. The third kappa shape index (κ3) is 5.06. The zero-order valence-corrected chi connectivity index (χ0v) is 16.5. The van der Waals surface area contributed by atoms with E-state index in [1.165, 1.54) is 6.07 Å². The molecule has 1 heterocycles. The van der Waals surface area contributed by atoms with E-state index < -0.39 is 16.4 Å². The minimum absolute atomic E-state index is 0.0937. The summed E-state index contributed by atoms with van der Waals surface area (Å²) in [6, 6.07) is 14.4. The molecule has 0 unspecified atom stereocenters. The highest BCUT2D eigenvalue weighted by Crippen LogP contribution is 2.27. The van der Waals surface area contributed by atoms with Crippen molar-refractivity contribution in [2.75, 3.05) is 17.2 Å². The molecule has 0 aliphatic rings. The Hall–Kier alpha value is -3.59. The Balaban J connectivity index is 1.99. The van der Waals surface area contributed by atoms with E-state index in [-0.39, 0.29) is 18.6 Å². The highest BCUT2D eigenvalue weighted by molar-refractivity contribution is 5.68. The van der Waals surface area contributed by atoms with Crippen molar-refractivity contribution in [1.29, 1.82) is 0 Å². The Morgan fingerprint density at radius 2 is 1.87 bits per heavy atom. The SMILES string of the molecule is CC(C)[C@H](CO)Nc1nc(Nc2ccc(F)c([N+](=O)[O-])c2)cc(-c2ccccc2)n1. The molecule has 30 heavy (non-hydrogen) atoms. The zero-order chi connectivity index (χ0) is 21.7. The average molecular weight is 411 g/mol. The number of nitro groups is 1. The van der Waals surface area contributed by atoms with Crippen molar-refractivity contribution in [1.82, 2.24) is 9.97 Å². The maximum Gasteiger partial charge on any atom is 0.306 e. The molecule has 0 aliphatic heterocycles. The predicted molar refractivity (Wildman–Crippen MR) is 113 cm³/mol. The Bertz CT molecular complexity index is 1030. The van der Waals surface area contributed by atoms with Crippen LogP contribution in [0.5, 0.6) is 0 Å². The van der Waals surface area contributed by atoms with E-state index in [2.05, 4.69) is 20.6 Å². The molecule has 3 aromatic rings. The first-order valence-electron chi connectivity index (χ1n) is 9.40. The van der Waals surface area contributed by atoms with Crippen molar-refractivity contribution in [2.24, 2.45) is 5.92 Å². The van der Waals surface area contributed by atoms with E-state index in [1.54, 1.807) is 6.07 Å². The van der Waals surface area contributed by atoms with Crippen LogP contribution in [-0.2, 0) is 0 Å². The van der Waals surface area contributed by atoms with Crippen LogP contribution in [-0.4, -0.2) is 32.6 Å². The van der Waals surface area contributed by atoms with Gasteiger partial charge in [-0.3, -0.25) is 10.1 Å². The first-order chi connectivity index (χ1) is 14.4. The van der Waals surface area contributed by atoms with Gasteiger partial charge in [0.15, 0.2) is 0 Å². The van der Waals surface area contributed by atoms with Gasteiger partial charge in [-0.25, -0.2) is 4.98 Å². The van der Waals surface area contributed by atoms with E-state index >= 15 is 0 Å². The number of rotatable bonds is 8.